The molecular formula is C16H21F3N2O3. The predicted octanol–water partition coefficient (Wildman–Crippen LogP) is 2.33. The number of amides is 1. The third-order valence-electron chi connectivity index (χ3n) is 3.77. The topological polar surface area (TPSA) is 61.8 Å². The molecule has 134 valence electrons. The third-order valence-corrected chi connectivity index (χ3v) is 3.77. The van der Waals surface area contributed by atoms with E-state index in [0.29, 0.717) is 13.1 Å². The molecule has 0 aliphatic carbocycles. The second kappa shape index (κ2) is 7.40. The number of rotatable bonds is 4. The van der Waals surface area contributed by atoms with Gasteiger partial charge in [0.15, 0.2) is 6.10 Å². The summed E-state index contributed by atoms with van der Waals surface area (Å²) in [4.78, 5) is 13.9. The van der Waals surface area contributed by atoms with Crippen molar-refractivity contribution in [1.82, 2.24) is 4.90 Å². The first-order valence-electron chi connectivity index (χ1n) is 7.69. The Morgan fingerprint density at radius 1 is 1.33 bits per heavy atom. The van der Waals surface area contributed by atoms with Crippen molar-refractivity contribution in [3.05, 3.63) is 29.8 Å². The smallest absolute Gasteiger partial charge is 0.379 e. The van der Waals surface area contributed by atoms with Crippen molar-refractivity contribution >= 4 is 11.6 Å². The van der Waals surface area contributed by atoms with Crippen LogP contribution >= 0.6 is 0 Å². The molecular weight excluding hydrogens is 325 g/mol. The molecule has 5 nitrogen and oxygen atoms in total. The molecule has 0 spiro atoms. The van der Waals surface area contributed by atoms with Gasteiger partial charge in [0, 0.05) is 24.3 Å². The second-order valence-corrected chi connectivity index (χ2v) is 5.94. The molecule has 24 heavy (non-hydrogen) atoms. The van der Waals surface area contributed by atoms with Crippen LogP contribution in [-0.2, 0) is 9.53 Å². The molecule has 3 atom stereocenters. The summed E-state index contributed by atoms with van der Waals surface area (Å²) in [7, 11) is 0. The summed E-state index contributed by atoms with van der Waals surface area (Å²) in [5.74, 6) is -0.228. The van der Waals surface area contributed by atoms with E-state index in [1.807, 2.05) is 13.8 Å². The number of para-hydroxylation sites is 1. The summed E-state index contributed by atoms with van der Waals surface area (Å²) in [6, 6.07) is 5.53. The first kappa shape index (κ1) is 18.5. The number of halogens is 3. The van der Waals surface area contributed by atoms with E-state index in [2.05, 4.69) is 5.32 Å². The fourth-order valence-corrected chi connectivity index (χ4v) is 2.74. The van der Waals surface area contributed by atoms with E-state index < -0.39 is 12.3 Å². The zero-order valence-corrected chi connectivity index (χ0v) is 13.5. The van der Waals surface area contributed by atoms with Crippen LogP contribution in [0.5, 0.6) is 0 Å². The summed E-state index contributed by atoms with van der Waals surface area (Å²) in [6.07, 6.45) is -7.54. The third kappa shape index (κ3) is 4.61. The van der Waals surface area contributed by atoms with Gasteiger partial charge in [-0.1, -0.05) is 18.2 Å². The Kier molecular flexibility index (Phi) is 5.71. The van der Waals surface area contributed by atoms with E-state index in [-0.39, 0.29) is 35.9 Å². The average molecular weight is 346 g/mol. The lowest BCUT2D eigenvalue weighted by Gasteiger charge is -2.35. The van der Waals surface area contributed by atoms with Crippen LogP contribution in [0.1, 0.15) is 25.5 Å². The fourth-order valence-electron chi connectivity index (χ4n) is 2.74. The minimum Gasteiger partial charge on any atom is -0.379 e. The van der Waals surface area contributed by atoms with E-state index >= 15 is 0 Å². The lowest BCUT2D eigenvalue weighted by molar-refractivity contribution is -0.206. The van der Waals surface area contributed by atoms with Gasteiger partial charge in [0.25, 0.3) is 0 Å². The maximum absolute atomic E-state index is 12.7. The predicted molar refractivity (Wildman–Crippen MR) is 82.5 cm³/mol. The number of benzene rings is 1. The summed E-state index contributed by atoms with van der Waals surface area (Å²) >= 11 is 0. The van der Waals surface area contributed by atoms with Crippen LogP contribution in [0.25, 0.3) is 0 Å². The Bertz CT molecular complexity index is 570. The molecule has 0 aromatic heterocycles. The molecule has 1 heterocycles. The molecule has 1 aromatic carbocycles. The number of nitrogens with one attached hydrogen (secondary N) is 1. The van der Waals surface area contributed by atoms with Gasteiger partial charge in [-0.15, -0.1) is 0 Å². The van der Waals surface area contributed by atoms with Gasteiger partial charge in [-0.2, -0.15) is 13.2 Å². The highest BCUT2D eigenvalue weighted by Crippen LogP contribution is 2.35. The Labute approximate surface area is 138 Å². The van der Waals surface area contributed by atoms with Crippen molar-refractivity contribution < 1.29 is 27.8 Å². The highest BCUT2D eigenvalue weighted by Gasteiger charge is 2.40. The summed E-state index contributed by atoms with van der Waals surface area (Å²) in [6.45, 7) is 4.45. The lowest BCUT2D eigenvalue weighted by atomic mass is 10.1. The number of aliphatic hydroxyl groups is 1. The molecule has 1 aromatic rings. The molecule has 8 heteroatoms. The number of nitrogens with zero attached hydrogens (tertiary/aromatic N) is 1. The van der Waals surface area contributed by atoms with Crippen molar-refractivity contribution in [3.8, 4) is 0 Å². The summed E-state index contributed by atoms with van der Waals surface area (Å²) in [5, 5.41) is 12.1. The first-order chi connectivity index (χ1) is 11.2. The molecule has 0 saturated carbocycles. The number of aliphatic hydroxyl groups excluding tert-OH is 1. The van der Waals surface area contributed by atoms with Gasteiger partial charge >= 0.3 is 6.18 Å². The van der Waals surface area contributed by atoms with Gasteiger partial charge in [0.05, 0.1) is 18.8 Å². The highest BCUT2D eigenvalue weighted by molar-refractivity contribution is 5.81. The average Bonchev–Trinajstić information content (AvgIpc) is 2.50. The van der Waals surface area contributed by atoms with Crippen LogP contribution in [0.2, 0.25) is 0 Å². The van der Waals surface area contributed by atoms with Crippen molar-refractivity contribution in [2.75, 3.05) is 25.0 Å². The minimum atomic E-state index is -4.77. The molecule has 1 fully saturated rings. The van der Waals surface area contributed by atoms with Crippen molar-refractivity contribution in [1.29, 1.82) is 0 Å². The number of alkyl halides is 3. The van der Waals surface area contributed by atoms with Crippen molar-refractivity contribution in [3.63, 3.8) is 0 Å². The molecule has 1 aliphatic heterocycles. The number of morpholine rings is 1. The largest absolute Gasteiger partial charge is 0.418 e. The molecule has 0 bridgehead atoms. The van der Waals surface area contributed by atoms with Crippen LogP contribution in [0.4, 0.5) is 18.9 Å². The Morgan fingerprint density at radius 3 is 2.50 bits per heavy atom. The minimum absolute atomic E-state index is 0.0861. The van der Waals surface area contributed by atoms with Gasteiger partial charge in [0.1, 0.15) is 0 Å². The number of hydrogen-bond acceptors (Lipinski definition) is 4. The van der Waals surface area contributed by atoms with Crippen LogP contribution in [0.15, 0.2) is 24.3 Å². The highest BCUT2D eigenvalue weighted by atomic mass is 19.4. The van der Waals surface area contributed by atoms with E-state index in [1.165, 1.54) is 24.3 Å². The van der Waals surface area contributed by atoms with Gasteiger partial charge in [-0.3, -0.25) is 4.79 Å². The zero-order chi connectivity index (χ0) is 17.9. The van der Waals surface area contributed by atoms with Crippen LogP contribution in [0, 0.1) is 0 Å². The zero-order valence-electron chi connectivity index (χ0n) is 13.5. The Morgan fingerprint density at radius 2 is 1.92 bits per heavy atom. The normalized spacial score (nSPS) is 23.0. The number of anilines is 1. The maximum Gasteiger partial charge on any atom is 0.418 e. The lowest BCUT2D eigenvalue weighted by Crippen LogP contribution is -2.49. The number of carbonyl (C=O) groups is 1. The molecule has 2 N–H and O–H groups in total. The van der Waals surface area contributed by atoms with Crippen LogP contribution < -0.4 is 5.32 Å². The summed E-state index contributed by atoms with van der Waals surface area (Å²) < 4.78 is 43.7. The van der Waals surface area contributed by atoms with Crippen LogP contribution in [-0.4, -0.2) is 53.9 Å². The molecule has 0 unspecified atom stereocenters. The first-order valence-corrected chi connectivity index (χ1v) is 7.69. The Hall–Kier alpha value is -1.80. The second-order valence-electron chi connectivity index (χ2n) is 5.94. The monoisotopic (exact) mass is 346 g/mol. The van der Waals surface area contributed by atoms with Gasteiger partial charge in [-0.25, -0.2) is 0 Å². The molecule has 1 aliphatic rings. The Balaban J connectivity index is 2.03. The standard InChI is InChI=1S/C16H21F3N2O3/c1-10-8-21(9-11(2)24-10)14(22)7-20-13-6-4-3-5-12(13)15(23)16(17,18)19/h3-6,10-11,15,20,23H,7-9H2,1-2H3/t10-,11-,15+/m1/s1. The van der Waals surface area contributed by atoms with E-state index in [4.69, 9.17) is 4.74 Å². The number of carbonyl (C=O) groups excluding carboxylic acids is 1. The quantitative estimate of drug-likeness (QED) is 0.878. The van der Waals surface area contributed by atoms with Crippen LogP contribution in [0.3, 0.4) is 0 Å². The molecule has 2 rings (SSSR count). The molecule has 0 radical (unpaired) electrons. The summed E-state index contributed by atoms with van der Waals surface area (Å²) in [5.41, 5.74) is -0.216. The van der Waals surface area contributed by atoms with Gasteiger partial charge in [-0.05, 0) is 19.9 Å². The van der Waals surface area contributed by atoms with E-state index in [1.54, 1.807) is 4.90 Å². The van der Waals surface area contributed by atoms with Gasteiger partial charge < -0.3 is 20.1 Å². The van der Waals surface area contributed by atoms with Crippen molar-refractivity contribution in [2.24, 2.45) is 0 Å². The van der Waals surface area contributed by atoms with Gasteiger partial charge in [0.2, 0.25) is 5.91 Å². The van der Waals surface area contributed by atoms with Crippen molar-refractivity contribution in [2.45, 2.75) is 38.3 Å². The fraction of sp³-hybridized carbons (Fsp3) is 0.562. The van der Waals surface area contributed by atoms with E-state index in [9.17, 15) is 23.1 Å². The number of ether oxygens (including phenoxy) is 1. The SMILES string of the molecule is C[C@@H]1CN(C(=O)CNc2ccccc2[C@H](O)C(F)(F)F)C[C@@H](C)O1. The molecule has 1 amide bonds. The number of hydrogen-bond donors (Lipinski definition) is 2. The molecule has 1 saturated heterocycles. The maximum atomic E-state index is 12.7. The van der Waals surface area contributed by atoms with E-state index in [0.717, 1.165) is 0 Å².